The SMILES string of the molecule is Cc1ccsc1C(CN)NCCO. The van der Waals surface area contributed by atoms with Crippen molar-refractivity contribution in [1.82, 2.24) is 5.32 Å². The second-order valence-corrected chi connectivity index (χ2v) is 3.88. The van der Waals surface area contributed by atoms with Crippen LogP contribution in [0.1, 0.15) is 16.5 Å². The van der Waals surface area contributed by atoms with E-state index >= 15 is 0 Å². The zero-order valence-corrected chi connectivity index (χ0v) is 8.60. The van der Waals surface area contributed by atoms with Crippen molar-refractivity contribution in [3.05, 3.63) is 21.9 Å². The molecule has 1 aromatic heterocycles. The van der Waals surface area contributed by atoms with Gasteiger partial charge in [0.05, 0.1) is 12.6 Å². The monoisotopic (exact) mass is 200 g/mol. The molecule has 1 rings (SSSR count). The summed E-state index contributed by atoms with van der Waals surface area (Å²) in [5, 5.41) is 13.9. The van der Waals surface area contributed by atoms with Gasteiger partial charge in [-0.05, 0) is 23.9 Å². The van der Waals surface area contributed by atoms with Crippen LogP contribution in [0.2, 0.25) is 0 Å². The lowest BCUT2D eigenvalue weighted by molar-refractivity contribution is 0.285. The van der Waals surface area contributed by atoms with Gasteiger partial charge in [-0.2, -0.15) is 0 Å². The van der Waals surface area contributed by atoms with E-state index in [1.54, 1.807) is 11.3 Å². The molecule has 13 heavy (non-hydrogen) atoms. The molecule has 0 fully saturated rings. The van der Waals surface area contributed by atoms with Crippen molar-refractivity contribution in [3.8, 4) is 0 Å². The number of nitrogens with one attached hydrogen (secondary N) is 1. The van der Waals surface area contributed by atoms with E-state index in [9.17, 15) is 0 Å². The van der Waals surface area contributed by atoms with Gasteiger partial charge in [0.25, 0.3) is 0 Å². The summed E-state index contributed by atoms with van der Waals surface area (Å²) in [4.78, 5) is 1.27. The van der Waals surface area contributed by atoms with Gasteiger partial charge in [-0.3, -0.25) is 0 Å². The molecule has 74 valence electrons. The van der Waals surface area contributed by atoms with Crippen molar-refractivity contribution in [2.45, 2.75) is 13.0 Å². The molecule has 1 aromatic rings. The molecule has 0 aliphatic carbocycles. The molecule has 0 bridgehead atoms. The fourth-order valence-electron chi connectivity index (χ4n) is 1.26. The molecule has 0 amide bonds. The maximum atomic E-state index is 8.68. The largest absolute Gasteiger partial charge is 0.395 e. The molecule has 0 saturated carbocycles. The van der Waals surface area contributed by atoms with Crippen molar-refractivity contribution in [2.75, 3.05) is 19.7 Å². The average molecular weight is 200 g/mol. The Morgan fingerprint density at radius 3 is 2.92 bits per heavy atom. The Morgan fingerprint density at radius 2 is 2.46 bits per heavy atom. The molecule has 0 saturated heterocycles. The van der Waals surface area contributed by atoms with E-state index in [2.05, 4.69) is 23.7 Å². The Balaban J connectivity index is 2.61. The molecular formula is C9H16N2OS. The molecule has 1 heterocycles. The number of hydrogen-bond acceptors (Lipinski definition) is 4. The average Bonchev–Trinajstić information content (AvgIpc) is 2.54. The minimum Gasteiger partial charge on any atom is -0.395 e. The van der Waals surface area contributed by atoms with Gasteiger partial charge in [0.15, 0.2) is 0 Å². The quantitative estimate of drug-likeness (QED) is 0.653. The number of nitrogens with two attached hydrogens (primary N) is 1. The van der Waals surface area contributed by atoms with E-state index in [0.717, 1.165) is 0 Å². The summed E-state index contributed by atoms with van der Waals surface area (Å²) in [6.45, 7) is 3.40. The van der Waals surface area contributed by atoms with Crippen molar-refractivity contribution >= 4 is 11.3 Å². The molecule has 1 atom stereocenters. The van der Waals surface area contributed by atoms with Crippen LogP contribution in [-0.2, 0) is 0 Å². The standard InChI is InChI=1S/C9H16N2OS/c1-7-2-5-13-9(7)8(6-10)11-3-4-12/h2,5,8,11-12H,3-4,6,10H2,1H3. The van der Waals surface area contributed by atoms with Crippen LogP contribution in [0, 0.1) is 6.92 Å². The Morgan fingerprint density at radius 1 is 1.69 bits per heavy atom. The van der Waals surface area contributed by atoms with E-state index in [1.165, 1.54) is 10.4 Å². The van der Waals surface area contributed by atoms with Gasteiger partial charge in [-0.1, -0.05) is 0 Å². The summed E-state index contributed by atoms with van der Waals surface area (Å²) >= 11 is 1.71. The van der Waals surface area contributed by atoms with Gasteiger partial charge in [0.1, 0.15) is 0 Å². The Bertz CT molecular complexity index is 250. The lowest BCUT2D eigenvalue weighted by Gasteiger charge is -2.15. The van der Waals surface area contributed by atoms with Crippen LogP contribution in [0.5, 0.6) is 0 Å². The smallest absolute Gasteiger partial charge is 0.0556 e. The number of aliphatic hydroxyl groups excluding tert-OH is 1. The molecule has 0 spiro atoms. The Kier molecular flexibility index (Phi) is 4.38. The predicted molar refractivity (Wildman–Crippen MR) is 55.9 cm³/mol. The number of thiophene rings is 1. The van der Waals surface area contributed by atoms with Crippen molar-refractivity contribution in [1.29, 1.82) is 0 Å². The predicted octanol–water partition coefficient (Wildman–Crippen LogP) is 0.638. The zero-order chi connectivity index (χ0) is 9.68. The van der Waals surface area contributed by atoms with Crippen LogP contribution >= 0.6 is 11.3 Å². The molecule has 0 radical (unpaired) electrons. The number of rotatable bonds is 5. The first kappa shape index (κ1) is 10.7. The third-order valence-corrected chi connectivity index (χ3v) is 3.09. The number of aryl methyl sites for hydroxylation is 1. The topological polar surface area (TPSA) is 58.3 Å². The Labute approximate surface area is 82.6 Å². The minimum absolute atomic E-state index is 0.154. The highest BCUT2D eigenvalue weighted by atomic mass is 32.1. The summed E-state index contributed by atoms with van der Waals surface area (Å²) in [6.07, 6.45) is 0. The second kappa shape index (κ2) is 5.34. The van der Waals surface area contributed by atoms with Crippen molar-refractivity contribution in [3.63, 3.8) is 0 Å². The first-order valence-corrected chi connectivity index (χ1v) is 5.26. The normalized spacial score (nSPS) is 13.2. The van der Waals surface area contributed by atoms with Crippen LogP contribution in [0.15, 0.2) is 11.4 Å². The second-order valence-electron chi connectivity index (χ2n) is 2.93. The summed E-state index contributed by atoms with van der Waals surface area (Å²) in [6, 6.07) is 2.27. The third kappa shape index (κ3) is 2.77. The molecule has 4 N–H and O–H groups in total. The van der Waals surface area contributed by atoms with Crippen molar-refractivity contribution in [2.24, 2.45) is 5.73 Å². The number of hydrogen-bond donors (Lipinski definition) is 3. The lowest BCUT2D eigenvalue weighted by atomic mass is 10.1. The highest BCUT2D eigenvalue weighted by Crippen LogP contribution is 2.22. The van der Waals surface area contributed by atoms with Crippen LogP contribution in [0.25, 0.3) is 0 Å². The fourth-order valence-corrected chi connectivity index (χ4v) is 2.28. The minimum atomic E-state index is 0.154. The lowest BCUT2D eigenvalue weighted by Crippen LogP contribution is -2.30. The highest BCUT2D eigenvalue weighted by Gasteiger charge is 2.11. The fraction of sp³-hybridized carbons (Fsp3) is 0.556. The summed E-state index contributed by atoms with van der Waals surface area (Å²) in [5.74, 6) is 0. The van der Waals surface area contributed by atoms with Crippen LogP contribution < -0.4 is 11.1 Å². The summed E-state index contributed by atoms with van der Waals surface area (Å²) < 4.78 is 0. The van der Waals surface area contributed by atoms with Gasteiger partial charge < -0.3 is 16.2 Å². The summed E-state index contributed by atoms with van der Waals surface area (Å²) in [5.41, 5.74) is 6.91. The van der Waals surface area contributed by atoms with Gasteiger partial charge in [0, 0.05) is 18.0 Å². The van der Waals surface area contributed by atoms with Gasteiger partial charge in [-0.25, -0.2) is 0 Å². The van der Waals surface area contributed by atoms with E-state index < -0.39 is 0 Å². The van der Waals surface area contributed by atoms with Gasteiger partial charge in [0.2, 0.25) is 0 Å². The summed E-state index contributed by atoms with van der Waals surface area (Å²) in [7, 11) is 0. The molecule has 1 unspecified atom stereocenters. The molecule has 0 aliphatic rings. The Hall–Kier alpha value is -0.420. The van der Waals surface area contributed by atoms with Gasteiger partial charge >= 0.3 is 0 Å². The molecule has 0 aromatic carbocycles. The van der Waals surface area contributed by atoms with Crippen LogP contribution in [-0.4, -0.2) is 24.8 Å². The van der Waals surface area contributed by atoms with E-state index in [0.29, 0.717) is 13.1 Å². The first-order valence-electron chi connectivity index (χ1n) is 4.38. The third-order valence-electron chi connectivity index (χ3n) is 1.96. The van der Waals surface area contributed by atoms with Crippen LogP contribution in [0.4, 0.5) is 0 Å². The maximum Gasteiger partial charge on any atom is 0.0556 e. The zero-order valence-electron chi connectivity index (χ0n) is 7.79. The maximum absolute atomic E-state index is 8.68. The molecule has 0 aliphatic heterocycles. The molecule has 4 heteroatoms. The van der Waals surface area contributed by atoms with E-state index in [-0.39, 0.29) is 12.6 Å². The highest BCUT2D eigenvalue weighted by molar-refractivity contribution is 7.10. The van der Waals surface area contributed by atoms with Gasteiger partial charge in [-0.15, -0.1) is 11.3 Å². The number of aliphatic hydroxyl groups is 1. The van der Waals surface area contributed by atoms with E-state index in [1.807, 2.05) is 0 Å². The van der Waals surface area contributed by atoms with Crippen molar-refractivity contribution < 1.29 is 5.11 Å². The first-order chi connectivity index (χ1) is 6.29. The molecular weight excluding hydrogens is 184 g/mol. The molecule has 3 nitrogen and oxygen atoms in total. The van der Waals surface area contributed by atoms with E-state index in [4.69, 9.17) is 10.8 Å². The van der Waals surface area contributed by atoms with Crippen LogP contribution in [0.3, 0.4) is 0 Å².